The molecule has 0 aromatic carbocycles. The summed E-state index contributed by atoms with van der Waals surface area (Å²) in [5, 5.41) is 0.931. The number of rotatable bonds is 2. The van der Waals surface area contributed by atoms with Crippen molar-refractivity contribution in [2.45, 2.75) is 0 Å². The van der Waals surface area contributed by atoms with Gasteiger partial charge in [-0.05, 0) is 24.3 Å². The van der Waals surface area contributed by atoms with E-state index in [0.29, 0.717) is 5.56 Å². The van der Waals surface area contributed by atoms with Crippen molar-refractivity contribution in [1.82, 2.24) is 14.5 Å². The van der Waals surface area contributed by atoms with E-state index in [-0.39, 0.29) is 0 Å². The lowest BCUT2D eigenvalue weighted by molar-refractivity contribution is 0.112. The number of hydrogen-bond acceptors (Lipinski definition) is 3. The first-order valence-corrected chi connectivity index (χ1v) is 5.22. The fourth-order valence-electron chi connectivity index (χ4n) is 1.79. The molecule has 17 heavy (non-hydrogen) atoms. The topological polar surface area (TPSA) is 47.8 Å². The van der Waals surface area contributed by atoms with E-state index < -0.39 is 0 Å². The summed E-state index contributed by atoms with van der Waals surface area (Å²) in [5.41, 5.74) is 1.38. The Morgan fingerprint density at radius 3 is 2.88 bits per heavy atom. The van der Waals surface area contributed by atoms with Crippen LogP contribution in [0.25, 0.3) is 16.9 Å². The third kappa shape index (κ3) is 1.59. The van der Waals surface area contributed by atoms with Gasteiger partial charge < -0.3 is 0 Å². The minimum atomic E-state index is 0.580. The average molecular weight is 223 g/mol. The monoisotopic (exact) mass is 223 g/mol. The zero-order valence-corrected chi connectivity index (χ0v) is 8.95. The number of fused-ring (bicyclic) bond motifs is 1. The Kier molecular flexibility index (Phi) is 2.19. The molecule has 0 fully saturated rings. The second kappa shape index (κ2) is 3.83. The summed E-state index contributed by atoms with van der Waals surface area (Å²) < 4.78 is 1.89. The number of carbonyl (C=O) groups is 1. The van der Waals surface area contributed by atoms with E-state index in [0.717, 1.165) is 23.1 Å². The van der Waals surface area contributed by atoms with E-state index >= 15 is 0 Å². The molecule has 82 valence electrons. The molecule has 0 amide bonds. The van der Waals surface area contributed by atoms with Crippen molar-refractivity contribution in [2.75, 3.05) is 0 Å². The van der Waals surface area contributed by atoms with Gasteiger partial charge in [-0.3, -0.25) is 9.36 Å². The number of nitrogens with zero attached hydrogens (tertiary/aromatic N) is 3. The predicted molar refractivity (Wildman–Crippen MR) is 64.3 cm³/mol. The number of pyridine rings is 2. The molecule has 3 aromatic heterocycles. The first kappa shape index (κ1) is 9.72. The third-order valence-electron chi connectivity index (χ3n) is 2.58. The molecule has 0 atom stereocenters. The van der Waals surface area contributed by atoms with Crippen molar-refractivity contribution in [3.8, 4) is 5.82 Å². The Morgan fingerprint density at radius 1 is 1.18 bits per heavy atom. The average Bonchev–Trinajstić information content (AvgIpc) is 2.82. The van der Waals surface area contributed by atoms with Crippen LogP contribution in [-0.4, -0.2) is 20.8 Å². The lowest BCUT2D eigenvalue weighted by Gasteiger charge is -2.02. The molecule has 0 aliphatic carbocycles. The molecule has 3 heterocycles. The molecule has 0 saturated carbocycles. The largest absolute Gasteiger partial charge is 0.298 e. The van der Waals surface area contributed by atoms with Crippen molar-refractivity contribution >= 4 is 17.3 Å². The molecule has 0 saturated heterocycles. The molecule has 0 aliphatic rings. The van der Waals surface area contributed by atoms with Gasteiger partial charge >= 0.3 is 0 Å². The van der Waals surface area contributed by atoms with Gasteiger partial charge in [-0.25, -0.2) is 9.97 Å². The van der Waals surface area contributed by atoms with Gasteiger partial charge in [0.15, 0.2) is 6.29 Å². The highest BCUT2D eigenvalue weighted by Gasteiger charge is 2.05. The van der Waals surface area contributed by atoms with Crippen LogP contribution in [-0.2, 0) is 0 Å². The SMILES string of the molecule is O=Cc1cnc2c(ccn2-c2ccccn2)c1. The minimum Gasteiger partial charge on any atom is -0.298 e. The van der Waals surface area contributed by atoms with Crippen LogP contribution in [0.3, 0.4) is 0 Å². The summed E-state index contributed by atoms with van der Waals surface area (Å²) in [4.78, 5) is 19.2. The Morgan fingerprint density at radius 2 is 2.12 bits per heavy atom. The Bertz CT molecular complexity index is 673. The summed E-state index contributed by atoms with van der Waals surface area (Å²) in [6, 6.07) is 9.44. The van der Waals surface area contributed by atoms with Crippen LogP contribution < -0.4 is 0 Å². The summed E-state index contributed by atoms with van der Waals surface area (Å²) in [6.07, 6.45) is 5.99. The van der Waals surface area contributed by atoms with Crippen molar-refractivity contribution in [3.63, 3.8) is 0 Å². The molecule has 4 nitrogen and oxygen atoms in total. The van der Waals surface area contributed by atoms with Crippen molar-refractivity contribution in [2.24, 2.45) is 0 Å². The maximum atomic E-state index is 10.7. The van der Waals surface area contributed by atoms with Crippen LogP contribution in [0.2, 0.25) is 0 Å². The van der Waals surface area contributed by atoms with Gasteiger partial charge in [-0.2, -0.15) is 0 Å². The molecule has 0 spiro atoms. The van der Waals surface area contributed by atoms with E-state index in [1.54, 1.807) is 12.4 Å². The zero-order valence-electron chi connectivity index (χ0n) is 8.95. The van der Waals surface area contributed by atoms with Gasteiger partial charge in [0.1, 0.15) is 11.5 Å². The molecule has 3 rings (SSSR count). The van der Waals surface area contributed by atoms with Gasteiger partial charge in [-0.1, -0.05) is 6.07 Å². The van der Waals surface area contributed by atoms with Crippen molar-refractivity contribution in [1.29, 1.82) is 0 Å². The zero-order chi connectivity index (χ0) is 11.7. The summed E-state index contributed by atoms with van der Waals surface area (Å²) in [5.74, 6) is 0.814. The molecule has 0 aliphatic heterocycles. The molecule has 0 N–H and O–H groups in total. The molecule has 0 radical (unpaired) electrons. The number of aromatic nitrogens is 3. The van der Waals surface area contributed by atoms with E-state index in [9.17, 15) is 4.79 Å². The van der Waals surface area contributed by atoms with Gasteiger partial charge in [0.2, 0.25) is 0 Å². The number of carbonyl (C=O) groups excluding carboxylic acids is 1. The van der Waals surface area contributed by atoms with Crippen molar-refractivity contribution in [3.05, 3.63) is 54.5 Å². The Labute approximate surface area is 97.6 Å². The minimum absolute atomic E-state index is 0.580. The quantitative estimate of drug-likeness (QED) is 0.626. The third-order valence-corrected chi connectivity index (χ3v) is 2.58. The van der Waals surface area contributed by atoms with Crippen LogP contribution in [0, 0.1) is 0 Å². The summed E-state index contributed by atoms with van der Waals surface area (Å²) in [7, 11) is 0. The fraction of sp³-hybridized carbons (Fsp3) is 0. The molecule has 0 unspecified atom stereocenters. The maximum Gasteiger partial charge on any atom is 0.151 e. The fourth-order valence-corrected chi connectivity index (χ4v) is 1.79. The number of aldehydes is 1. The van der Waals surface area contributed by atoms with Crippen LogP contribution >= 0.6 is 0 Å². The highest BCUT2D eigenvalue weighted by Crippen LogP contribution is 2.17. The van der Waals surface area contributed by atoms with Crippen LogP contribution in [0.15, 0.2) is 48.9 Å². The van der Waals surface area contributed by atoms with Crippen molar-refractivity contribution < 1.29 is 4.79 Å². The predicted octanol–water partition coefficient (Wildman–Crippen LogP) is 2.23. The summed E-state index contributed by atoms with van der Waals surface area (Å²) >= 11 is 0. The van der Waals surface area contributed by atoms with Gasteiger partial charge in [0, 0.05) is 29.5 Å². The maximum absolute atomic E-state index is 10.7. The smallest absolute Gasteiger partial charge is 0.151 e. The lowest BCUT2D eigenvalue weighted by atomic mass is 10.2. The highest BCUT2D eigenvalue weighted by atomic mass is 16.1. The number of hydrogen-bond donors (Lipinski definition) is 0. The normalized spacial score (nSPS) is 10.6. The van der Waals surface area contributed by atoms with Gasteiger partial charge in [-0.15, -0.1) is 0 Å². The second-order valence-corrected chi connectivity index (χ2v) is 3.67. The summed E-state index contributed by atoms with van der Waals surface area (Å²) in [6.45, 7) is 0. The molecule has 3 aromatic rings. The standard InChI is InChI=1S/C13H9N3O/c17-9-10-7-11-4-6-16(13(11)15-8-10)12-3-1-2-5-14-12/h1-9H. The molecule has 0 bridgehead atoms. The molecular weight excluding hydrogens is 214 g/mol. The van der Waals surface area contributed by atoms with Gasteiger partial charge in [0.25, 0.3) is 0 Å². The second-order valence-electron chi connectivity index (χ2n) is 3.67. The first-order chi connectivity index (χ1) is 8.38. The first-order valence-electron chi connectivity index (χ1n) is 5.22. The van der Waals surface area contributed by atoms with E-state index in [1.165, 1.54) is 0 Å². The van der Waals surface area contributed by atoms with Crippen LogP contribution in [0.4, 0.5) is 0 Å². The van der Waals surface area contributed by atoms with E-state index in [1.807, 2.05) is 41.1 Å². The highest BCUT2D eigenvalue weighted by molar-refractivity contribution is 5.85. The van der Waals surface area contributed by atoms with Gasteiger partial charge in [0.05, 0.1) is 0 Å². The molecule has 4 heteroatoms. The van der Waals surface area contributed by atoms with E-state index in [2.05, 4.69) is 9.97 Å². The van der Waals surface area contributed by atoms with Crippen LogP contribution in [0.1, 0.15) is 10.4 Å². The van der Waals surface area contributed by atoms with E-state index in [4.69, 9.17) is 0 Å². The lowest BCUT2D eigenvalue weighted by Crippen LogP contribution is -1.96. The van der Waals surface area contributed by atoms with Crippen LogP contribution in [0.5, 0.6) is 0 Å². The molecular formula is C13H9N3O. The Balaban J connectivity index is 2.22. The Hall–Kier alpha value is -2.49.